The van der Waals surface area contributed by atoms with Gasteiger partial charge in [0.15, 0.2) is 0 Å². The second-order valence-electron chi connectivity index (χ2n) is 3.29. The number of hydrogen-bond acceptors (Lipinski definition) is 3. The Hall–Kier alpha value is -1.12. The highest BCUT2D eigenvalue weighted by atomic mass is 79.9. The van der Waals surface area contributed by atoms with Crippen molar-refractivity contribution in [2.75, 3.05) is 6.61 Å². The molecule has 1 rings (SSSR count). The third-order valence-corrected chi connectivity index (χ3v) is 2.40. The van der Waals surface area contributed by atoms with E-state index in [0.717, 1.165) is 10.0 Å². The van der Waals surface area contributed by atoms with E-state index >= 15 is 0 Å². The molecule has 4 nitrogen and oxygen atoms in total. The lowest BCUT2D eigenvalue weighted by atomic mass is 10.2. The molecule has 1 amide bonds. The summed E-state index contributed by atoms with van der Waals surface area (Å²) in [6, 6.07) is 7.02. The van der Waals surface area contributed by atoms with Crippen molar-refractivity contribution in [1.29, 1.82) is 0 Å². The standard InChI is InChI=1S/C10H9BrF3NO3/c11-8-3-1-2-7(6-8)4-5-18-15(17)9(16)10(12,13)14/h1-3,6,17H,4-5H2. The summed E-state index contributed by atoms with van der Waals surface area (Å²) in [5, 5.41) is 7.92. The third-order valence-electron chi connectivity index (χ3n) is 1.91. The second-order valence-corrected chi connectivity index (χ2v) is 4.20. The fourth-order valence-corrected chi connectivity index (χ4v) is 1.56. The summed E-state index contributed by atoms with van der Waals surface area (Å²) in [5.74, 6) is -2.46. The molecule has 0 spiro atoms. The van der Waals surface area contributed by atoms with Crippen LogP contribution < -0.4 is 0 Å². The van der Waals surface area contributed by atoms with Gasteiger partial charge in [-0.05, 0) is 24.1 Å². The number of carbonyl (C=O) groups is 1. The van der Waals surface area contributed by atoms with E-state index in [4.69, 9.17) is 5.21 Å². The van der Waals surface area contributed by atoms with Crippen molar-refractivity contribution in [2.24, 2.45) is 0 Å². The van der Waals surface area contributed by atoms with Crippen LogP contribution in [0.5, 0.6) is 0 Å². The molecule has 1 aromatic carbocycles. The van der Waals surface area contributed by atoms with Crippen molar-refractivity contribution < 1.29 is 28.0 Å². The first-order chi connectivity index (χ1) is 8.30. The van der Waals surface area contributed by atoms with Crippen LogP contribution in [0.3, 0.4) is 0 Å². The maximum absolute atomic E-state index is 11.9. The van der Waals surface area contributed by atoms with Crippen molar-refractivity contribution in [3.05, 3.63) is 34.3 Å². The zero-order valence-corrected chi connectivity index (χ0v) is 10.5. The zero-order chi connectivity index (χ0) is 13.8. The highest BCUT2D eigenvalue weighted by Gasteiger charge is 2.43. The van der Waals surface area contributed by atoms with Crippen molar-refractivity contribution >= 4 is 21.8 Å². The highest BCUT2D eigenvalue weighted by molar-refractivity contribution is 9.10. The Morgan fingerprint density at radius 3 is 2.67 bits per heavy atom. The maximum Gasteiger partial charge on any atom is 0.476 e. The van der Waals surface area contributed by atoms with E-state index in [1.807, 2.05) is 0 Å². The van der Waals surface area contributed by atoms with Gasteiger partial charge in [-0.1, -0.05) is 33.3 Å². The van der Waals surface area contributed by atoms with Crippen molar-refractivity contribution in [1.82, 2.24) is 5.23 Å². The molecule has 1 N–H and O–H groups in total. The van der Waals surface area contributed by atoms with Gasteiger partial charge in [0, 0.05) is 4.47 Å². The molecule has 0 heterocycles. The van der Waals surface area contributed by atoms with Crippen LogP contribution in [0.4, 0.5) is 13.2 Å². The number of hydrogen-bond donors (Lipinski definition) is 1. The molecule has 0 aliphatic heterocycles. The first-order valence-corrected chi connectivity index (χ1v) is 5.57. The topological polar surface area (TPSA) is 49.8 Å². The third kappa shape index (κ3) is 4.63. The zero-order valence-electron chi connectivity index (χ0n) is 8.95. The predicted molar refractivity (Wildman–Crippen MR) is 58.5 cm³/mol. The minimum Gasteiger partial charge on any atom is -0.261 e. The molecule has 8 heteroatoms. The molecule has 18 heavy (non-hydrogen) atoms. The molecule has 1 aromatic rings. The molecular formula is C10H9BrF3NO3. The van der Waals surface area contributed by atoms with E-state index in [9.17, 15) is 18.0 Å². The lowest BCUT2D eigenvalue weighted by Crippen LogP contribution is -2.39. The summed E-state index contributed by atoms with van der Waals surface area (Å²) in [6.45, 7) is -0.255. The summed E-state index contributed by atoms with van der Waals surface area (Å²) in [7, 11) is 0. The number of rotatable bonds is 4. The van der Waals surface area contributed by atoms with Crippen LogP contribution in [0.2, 0.25) is 0 Å². The van der Waals surface area contributed by atoms with E-state index in [1.54, 1.807) is 24.3 Å². The van der Waals surface area contributed by atoms with Gasteiger partial charge in [-0.25, -0.2) is 4.84 Å². The van der Waals surface area contributed by atoms with E-state index in [2.05, 4.69) is 20.8 Å². The van der Waals surface area contributed by atoms with Gasteiger partial charge in [0.1, 0.15) is 0 Å². The highest BCUT2D eigenvalue weighted by Crippen LogP contribution is 2.17. The number of hydroxylamine groups is 2. The smallest absolute Gasteiger partial charge is 0.261 e. The van der Waals surface area contributed by atoms with Gasteiger partial charge in [-0.3, -0.25) is 10.0 Å². The summed E-state index contributed by atoms with van der Waals surface area (Å²) < 4.78 is 36.4. The summed E-state index contributed by atoms with van der Waals surface area (Å²) in [5.41, 5.74) is 0.789. The van der Waals surface area contributed by atoms with Crippen LogP contribution >= 0.6 is 15.9 Å². The fourth-order valence-electron chi connectivity index (χ4n) is 1.11. The quantitative estimate of drug-likeness (QED) is 0.683. The van der Waals surface area contributed by atoms with Crippen LogP contribution in [0, 0.1) is 0 Å². The van der Waals surface area contributed by atoms with Crippen LogP contribution in [-0.4, -0.2) is 29.1 Å². The summed E-state index contributed by atoms with van der Waals surface area (Å²) in [6.07, 6.45) is -4.91. The molecule has 0 bridgehead atoms. The Kier molecular flexibility index (Phi) is 5.12. The molecule has 100 valence electrons. The van der Waals surface area contributed by atoms with Gasteiger partial charge in [0.05, 0.1) is 6.61 Å². The van der Waals surface area contributed by atoms with Crippen LogP contribution in [0.15, 0.2) is 28.7 Å². The summed E-state index contributed by atoms with van der Waals surface area (Å²) in [4.78, 5) is 14.8. The van der Waals surface area contributed by atoms with E-state index < -0.39 is 17.3 Å². The molecule has 0 aromatic heterocycles. The molecule has 0 saturated carbocycles. The molecule has 0 aliphatic rings. The van der Waals surface area contributed by atoms with E-state index in [-0.39, 0.29) is 13.0 Å². The molecule has 0 aliphatic carbocycles. The summed E-state index contributed by atoms with van der Waals surface area (Å²) >= 11 is 3.23. The van der Waals surface area contributed by atoms with Crippen LogP contribution in [-0.2, 0) is 16.1 Å². The lowest BCUT2D eigenvalue weighted by Gasteiger charge is -2.15. The minimum absolute atomic E-state index is 0.252. The minimum atomic E-state index is -5.16. The number of alkyl halides is 3. The van der Waals surface area contributed by atoms with Crippen LogP contribution in [0.1, 0.15) is 5.56 Å². The Labute approximate surface area is 109 Å². The molecule has 0 atom stereocenters. The monoisotopic (exact) mass is 327 g/mol. The van der Waals surface area contributed by atoms with Crippen molar-refractivity contribution in [3.8, 4) is 0 Å². The molecule has 0 saturated heterocycles. The van der Waals surface area contributed by atoms with Crippen molar-refractivity contribution in [2.45, 2.75) is 12.6 Å². The van der Waals surface area contributed by atoms with Gasteiger partial charge < -0.3 is 0 Å². The first-order valence-electron chi connectivity index (χ1n) is 4.78. The van der Waals surface area contributed by atoms with Gasteiger partial charge >= 0.3 is 12.1 Å². The number of benzene rings is 1. The number of carbonyl (C=O) groups excluding carboxylic acids is 1. The SMILES string of the molecule is O=C(N(O)OCCc1cccc(Br)c1)C(F)(F)F. The molecule has 0 unspecified atom stereocenters. The van der Waals surface area contributed by atoms with E-state index in [1.165, 1.54) is 0 Å². The lowest BCUT2D eigenvalue weighted by molar-refractivity contribution is -0.333. The second kappa shape index (κ2) is 6.17. The van der Waals surface area contributed by atoms with Gasteiger partial charge in [0.25, 0.3) is 0 Å². The first kappa shape index (κ1) is 14.9. The van der Waals surface area contributed by atoms with Gasteiger partial charge in [-0.15, -0.1) is 0 Å². The fraction of sp³-hybridized carbons (Fsp3) is 0.300. The average molecular weight is 328 g/mol. The number of amides is 1. The Morgan fingerprint density at radius 1 is 1.44 bits per heavy atom. The Bertz CT molecular complexity index is 425. The number of nitrogens with zero attached hydrogens (tertiary/aromatic N) is 1. The predicted octanol–water partition coefficient (Wildman–Crippen LogP) is 2.70. The molecule has 0 radical (unpaired) electrons. The maximum atomic E-state index is 11.9. The molecular weight excluding hydrogens is 319 g/mol. The largest absolute Gasteiger partial charge is 0.476 e. The average Bonchev–Trinajstić information content (AvgIpc) is 2.26. The molecule has 0 fully saturated rings. The Morgan fingerprint density at radius 2 is 2.11 bits per heavy atom. The normalized spacial score (nSPS) is 11.4. The number of halogens is 4. The van der Waals surface area contributed by atoms with Gasteiger partial charge in [0.2, 0.25) is 0 Å². The van der Waals surface area contributed by atoms with Crippen LogP contribution in [0.25, 0.3) is 0 Å². The Balaban J connectivity index is 2.40. The van der Waals surface area contributed by atoms with Gasteiger partial charge in [-0.2, -0.15) is 13.2 Å². The van der Waals surface area contributed by atoms with E-state index in [0.29, 0.717) is 0 Å². The van der Waals surface area contributed by atoms with Crippen molar-refractivity contribution in [3.63, 3.8) is 0 Å².